The van der Waals surface area contributed by atoms with Crippen molar-refractivity contribution in [2.24, 2.45) is 0 Å². The molecule has 0 spiro atoms. The lowest BCUT2D eigenvalue weighted by Crippen LogP contribution is -2.24. The molecule has 2 heterocycles. The standard InChI is InChI=1S/C12H10ClN3O3S/c13-11-9(16(18)19)6-10(20-11)12(17)15-5-3-8-2-1-4-14-7-8/h1-2,4,6-7H,3,5H2,(H,15,17). The second-order valence-electron chi connectivity index (χ2n) is 3.89. The minimum atomic E-state index is -0.606. The van der Waals surface area contributed by atoms with Crippen LogP contribution >= 0.6 is 22.9 Å². The van der Waals surface area contributed by atoms with Crippen LogP contribution in [0.5, 0.6) is 0 Å². The van der Waals surface area contributed by atoms with Crippen molar-refractivity contribution in [2.45, 2.75) is 6.42 Å². The van der Waals surface area contributed by atoms with Crippen LogP contribution in [-0.2, 0) is 6.42 Å². The van der Waals surface area contributed by atoms with E-state index >= 15 is 0 Å². The molecule has 0 aliphatic carbocycles. The molecular weight excluding hydrogens is 302 g/mol. The summed E-state index contributed by atoms with van der Waals surface area (Å²) in [4.78, 5) is 26.1. The molecule has 0 bridgehead atoms. The number of hydrogen-bond donors (Lipinski definition) is 1. The molecule has 1 amide bonds. The minimum absolute atomic E-state index is 0.00686. The zero-order valence-electron chi connectivity index (χ0n) is 10.2. The lowest BCUT2D eigenvalue weighted by molar-refractivity contribution is -0.384. The van der Waals surface area contributed by atoms with E-state index in [4.69, 9.17) is 11.6 Å². The summed E-state index contributed by atoms with van der Waals surface area (Å²) in [5.74, 6) is -0.367. The molecule has 0 fully saturated rings. The van der Waals surface area contributed by atoms with Crippen molar-refractivity contribution >= 4 is 34.5 Å². The third-order valence-corrected chi connectivity index (χ3v) is 3.85. The molecule has 0 aliphatic heterocycles. The van der Waals surface area contributed by atoms with Crippen LogP contribution < -0.4 is 5.32 Å². The first-order chi connectivity index (χ1) is 9.58. The van der Waals surface area contributed by atoms with E-state index in [2.05, 4.69) is 10.3 Å². The predicted molar refractivity (Wildman–Crippen MR) is 76.3 cm³/mol. The fourth-order valence-corrected chi connectivity index (χ4v) is 2.69. The number of halogens is 1. The van der Waals surface area contributed by atoms with Gasteiger partial charge in [0, 0.05) is 25.0 Å². The fourth-order valence-electron chi connectivity index (χ4n) is 1.55. The molecule has 6 nitrogen and oxygen atoms in total. The van der Waals surface area contributed by atoms with E-state index in [-0.39, 0.29) is 20.8 Å². The van der Waals surface area contributed by atoms with E-state index in [9.17, 15) is 14.9 Å². The van der Waals surface area contributed by atoms with Crippen LogP contribution in [0.15, 0.2) is 30.6 Å². The van der Waals surface area contributed by atoms with Crippen LogP contribution in [0.4, 0.5) is 5.69 Å². The van der Waals surface area contributed by atoms with E-state index in [0.717, 1.165) is 16.9 Å². The van der Waals surface area contributed by atoms with Crippen molar-refractivity contribution in [1.29, 1.82) is 0 Å². The molecule has 104 valence electrons. The van der Waals surface area contributed by atoms with Crippen molar-refractivity contribution in [1.82, 2.24) is 10.3 Å². The van der Waals surface area contributed by atoms with Crippen LogP contribution in [0, 0.1) is 10.1 Å². The average molecular weight is 312 g/mol. The summed E-state index contributed by atoms with van der Waals surface area (Å²) in [6.45, 7) is 0.424. The average Bonchev–Trinajstić information content (AvgIpc) is 2.82. The van der Waals surface area contributed by atoms with Crippen LogP contribution in [0.3, 0.4) is 0 Å². The third-order valence-electron chi connectivity index (χ3n) is 2.51. The second-order valence-corrected chi connectivity index (χ2v) is 5.55. The first-order valence-corrected chi connectivity index (χ1v) is 6.88. The summed E-state index contributed by atoms with van der Waals surface area (Å²) in [7, 11) is 0. The van der Waals surface area contributed by atoms with E-state index in [0.29, 0.717) is 13.0 Å². The Kier molecular flexibility index (Phi) is 4.65. The lowest BCUT2D eigenvalue weighted by atomic mass is 10.2. The van der Waals surface area contributed by atoms with E-state index in [1.54, 1.807) is 12.4 Å². The molecule has 2 aromatic rings. The number of thiophene rings is 1. The summed E-state index contributed by atoms with van der Waals surface area (Å²) < 4.78 is 0.00686. The second kappa shape index (κ2) is 6.44. The van der Waals surface area contributed by atoms with E-state index < -0.39 is 4.92 Å². The molecule has 0 aliphatic rings. The molecule has 0 saturated carbocycles. The number of carbonyl (C=O) groups excluding carboxylic acids is 1. The number of rotatable bonds is 5. The molecule has 0 atom stereocenters. The van der Waals surface area contributed by atoms with Gasteiger partial charge in [-0.1, -0.05) is 17.7 Å². The largest absolute Gasteiger partial charge is 0.351 e. The number of carbonyl (C=O) groups is 1. The van der Waals surface area contributed by atoms with Gasteiger partial charge in [0.1, 0.15) is 4.88 Å². The van der Waals surface area contributed by atoms with Gasteiger partial charge in [0.2, 0.25) is 0 Å². The first kappa shape index (κ1) is 14.4. The number of nitro groups is 1. The monoisotopic (exact) mass is 311 g/mol. The maximum Gasteiger partial charge on any atom is 0.299 e. The molecule has 0 unspecified atom stereocenters. The highest BCUT2D eigenvalue weighted by molar-refractivity contribution is 7.18. The van der Waals surface area contributed by atoms with Crippen molar-refractivity contribution in [2.75, 3.05) is 6.54 Å². The fraction of sp³-hybridized carbons (Fsp3) is 0.167. The Morgan fingerprint density at radius 1 is 1.55 bits per heavy atom. The topological polar surface area (TPSA) is 85.1 Å². The van der Waals surface area contributed by atoms with Gasteiger partial charge < -0.3 is 5.32 Å². The maximum absolute atomic E-state index is 11.8. The van der Waals surface area contributed by atoms with Crippen molar-refractivity contribution in [3.63, 3.8) is 0 Å². The summed E-state index contributed by atoms with van der Waals surface area (Å²) in [6.07, 6.45) is 4.04. The molecule has 0 aromatic carbocycles. The van der Waals surface area contributed by atoms with Gasteiger partial charge in [0.25, 0.3) is 11.6 Å². The zero-order valence-corrected chi connectivity index (χ0v) is 11.8. The highest BCUT2D eigenvalue weighted by atomic mass is 35.5. The molecule has 8 heteroatoms. The number of nitrogens with one attached hydrogen (secondary N) is 1. The quantitative estimate of drug-likeness (QED) is 0.679. The highest BCUT2D eigenvalue weighted by Crippen LogP contribution is 2.33. The summed E-state index contributed by atoms with van der Waals surface area (Å²) >= 11 is 6.60. The summed E-state index contributed by atoms with van der Waals surface area (Å²) in [5.41, 5.74) is 0.761. The molecule has 2 rings (SSSR count). The van der Waals surface area contributed by atoms with Gasteiger partial charge in [-0.3, -0.25) is 19.9 Å². The van der Waals surface area contributed by atoms with Gasteiger partial charge in [-0.05, 0) is 18.1 Å². The van der Waals surface area contributed by atoms with Crippen LogP contribution in [0.2, 0.25) is 4.34 Å². The van der Waals surface area contributed by atoms with Crippen molar-refractivity contribution < 1.29 is 9.72 Å². The maximum atomic E-state index is 11.8. The van der Waals surface area contributed by atoms with Crippen molar-refractivity contribution in [3.05, 3.63) is 55.5 Å². The first-order valence-electron chi connectivity index (χ1n) is 5.68. The molecule has 20 heavy (non-hydrogen) atoms. The minimum Gasteiger partial charge on any atom is -0.351 e. The normalized spacial score (nSPS) is 10.2. The Balaban J connectivity index is 1.92. The molecule has 0 radical (unpaired) electrons. The molecule has 1 N–H and O–H groups in total. The Hall–Kier alpha value is -1.99. The third kappa shape index (κ3) is 3.52. The van der Waals surface area contributed by atoms with Crippen LogP contribution in [0.1, 0.15) is 15.2 Å². The van der Waals surface area contributed by atoms with Crippen molar-refractivity contribution in [3.8, 4) is 0 Å². The highest BCUT2D eigenvalue weighted by Gasteiger charge is 2.20. The van der Waals surface area contributed by atoms with Gasteiger partial charge in [-0.15, -0.1) is 11.3 Å². The van der Waals surface area contributed by atoms with Crippen LogP contribution in [0.25, 0.3) is 0 Å². The zero-order chi connectivity index (χ0) is 14.5. The van der Waals surface area contributed by atoms with Crippen LogP contribution in [-0.4, -0.2) is 22.4 Å². The number of pyridine rings is 1. The smallest absolute Gasteiger partial charge is 0.299 e. The molecule has 2 aromatic heterocycles. The van der Waals surface area contributed by atoms with E-state index in [1.165, 1.54) is 6.07 Å². The van der Waals surface area contributed by atoms with Gasteiger partial charge in [-0.2, -0.15) is 0 Å². The molecule has 0 saturated heterocycles. The predicted octanol–water partition coefficient (Wildman–Crippen LogP) is 2.68. The Bertz CT molecular complexity index is 630. The number of hydrogen-bond acceptors (Lipinski definition) is 5. The number of aromatic nitrogens is 1. The Morgan fingerprint density at radius 2 is 2.35 bits per heavy atom. The summed E-state index contributed by atoms with van der Waals surface area (Å²) in [6, 6.07) is 4.91. The Morgan fingerprint density at radius 3 is 2.95 bits per heavy atom. The number of amides is 1. The summed E-state index contributed by atoms with van der Waals surface area (Å²) in [5, 5.41) is 13.3. The molecular formula is C12H10ClN3O3S. The number of nitrogens with zero attached hydrogens (tertiary/aromatic N) is 2. The van der Waals surface area contributed by atoms with Gasteiger partial charge >= 0.3 is 0 Å². The lowest BCUT2D eigenvalue weighted by Gasteiger charge is -2.02. The van der Waals surface area contributed by atoms with E-state index in [1.807, 2.05) is 12.1 Å². The van der Waals surface area contributed by atoms with Gasteiger partial charge in [-0.25, -0.2) is 0 Å². The SMILES string of the molecule is O=C(NCCc1cccnc1)c1cc([N+](=O)[O-])c(Cl)s1. The van der Waals surface area contributed by atoms with Gasteiger partial charge in [0.05, 0.1) is 4.92 Å². The Labute approximate surface area is 123 Å². The van der Waals surface area contributed by atoms with Gasteiger partial charge in [0.15, 0.2) is 4.34 Å².